The van der Waals surface area contributed by atoms with E-state index < -0.39 is 11.9 Å². The van der Waals surface area contributed by atoms with Crippen LogP contribution in [-0.4, -0.2) is 22.0 Å². The van der Waals surface area contributed by atoms with Crippen LogP contribution in [0.3, 0.4) is 0 Å². The number of aromatic nitrogens is 1. The summed E-state index contributed by atoms with van der Waals surface area (Å²) in [6, 6.07) is 2.18. The zero-order valence-electron chi connectivity index (χ0n) is 14.0. The van der Waals surface area contributed by atoms with Crippen LogP contribution in [0.4, 0.5) is 0 Å². The number of rotatable bonds is 8. The molecule has 0 fully saturated rings. The SMILES string of the molecule is CCc1cc2sc(SOC(=O)CCC(=O)O)nc2c(CC)c1CC. The predicted molar refractivity (Wildman–Crippen MR) is 96.6 cm³/mol. The highest BCUT2D eigenvalue weighted by molar-refractivity contribution is 7.97. The third kappa shape index (κ3) is 4.27. The summed E-state index contributed by atoms with van der Waals surface area (Å²) in [5, 5.41) is 8.57. The van der Waals surface area contributed by atoms with Crippen LogP contribution < -0.4 is 0 Å². The summed E-state index contributed by atoms with van der Waals surface area (Å²) in [6.45, 7) is 6.44. The van der Waals surface area contributed by atoms with Crippen molar-refractivity contribution in [1.82, 2.24) is 4.98 Å². The van der Waals surface area contributed by atoms with Gasteiger partial charge in [0, 0.05) is 0 Å². The van der Waals surface area contributed by atoms with Crippen LogP contribution in [-0.2, 0) is 33.0 Å². The lowest BCUT2D eigenvalue weighted by molar-refractivity contribution is -0.141. The second-order valence-electron chi connectivity index (χ2n) is 5.31. The monoisotopic (exact) mass is 367 g/mol. The fraction of sp³-hybridized carbons (Fsp3) is 0.471. The molecule has 24 heavy (non-hydrogen) atoms. The first kappa shape index (κ1) is 18.7. The van der Waals surface area contributed by atoms with Crippen LogP contribution in [0.25, 0.3) is 10.2 Å². The zero-order chi connectivity index (χ0) is 17.7. The molecule has 0 aliphatic heterocycles. The Morgan fingerprint density at radius 1 is 1.17 bits per heavy atom. The van der Waals surface area contributed by atoms with Crippen molar-refractivity contribution >= 4 is 45.5 Å². The van der Waals surface area contributed by atoms with E-state index in [0.717, 1.165) is 41.5 Å². The van der Waals surface area contributed by atoms with Gasteiger partial charge in [-0.3, -0.25) is 9.59 Å². The van der Waals surface area contributed by atoms with Crippen LogP contribution >= 0.6 is 23.4 Å². The number of hydrogen-bond donors (Lipinski definition) is 1. The van der Waals surface area contributed by atoms with Crippen molar-refractivity contribution < 1.29 is 18.9 Å². The normalized spacial score (nSPS) is 11.0. The van der Waals surface area contributed by atoms with Crippen molar-refractivity contribution in [3.05, 3.63) is 22.8 Å². The lowest BCUT2D eigenvalue weighted by Crippen LogP contribution is -2.03. The molecule has 0 spiro atoms. The molecule has 0 aliphatic rings. The second kappa shape index (κ2) is 8.48. The molecular weight excluding hydrogens is 346 g/mol. The number of hydrogen-bond acceptors (Lipinski definition) is 6. The summed E-state index contributed by atoms with van der Waals surface area (Å²) in [6.07, 6.45) is 2.52. The van der Waals surface area contributed by atoms with Gasteiger partial charge in [-0.05, 0) is 42.0 Å². The molecule has 0 saturated heterocycles. The van der Waals surface area contributed by atoms with Crippen molar-refractivity contribution in [2.75, 3.05) is 0 Å². The van der Waals surface area contributed by atoms with Gasteiger partial charge in [-0.25, -0.2) is 4.98 Å². The first-order valence-corrected chi connectivity index (χ1v) is 9.59. The number of nitrogens with zero attached hydrogens (tertiary/aromatic N) is 1. The van der Waals surface area contributed by atoms with E-state index in [2.05, 4.69) is 31.8 Å². The minimum atomic E-state index is -1.01. The zero-order valence-corrected chi connectivity index (χ0v) is 15.7. The highest BCUT2D eigenvalue weighted by atomic mass is 32.2. The Hall–Kier alpha value is -1.60. The molecule has 0 atom stereocenters. The van der Waals surface area contributed by atoms with Crippen molar-refractivity contribution in [1.29, 1.82) is 0 Å². The summed E-state index contributed by atoms with van der Waals surface area (Å²) < 4.78 is 6.82. The molecule has 1 aromatic heterocycles. The van der Waals surface area contributed by atoms with Crippen molar-refractivity contribution in [2.45, 2.75) is 57.2 Å². The van der Waals surface area contributed by atoms with E-state index in [0.29, 0.717) is 4.34 Å². The van der Waals surface area contributed by atoms with Gasteiger partial charge in [0.15, 0.2) is 4.34 Å². The summed E-state index contributed by atoms with van der Waals surface area (Å²) in [5.74, 6) is -1.55. The van der Waals surface area contributed by atoms with E-state index in [1.54, 1.807) is 0 Å². The minimum absolute atomic E-state index is 0.132. The molecule has 0 bridgehead atoms. The molecule has 2 rings (SSSR count). The number of carbonyl (C=O) groups is 2. The number of thiazole rings is 1. The number of aryl methyl sites for hydroxylation is 2. The van der Waals surface area contributed by atoms with E-state index >= 15 is 0 Å². The fourth-order valence-electron chi connectivity index (χ4n) is 2.71. The Labute approximate surface area is 149 Å². The number of carbonyl (C=O) groups excluding carboxylic acids is 1. The second-order valence-corrected chi connectivity index (χ2v) is 7.32. The first-order chi connectivity index (χ1) is 11.5. The van der Waals surface area contributed by atoms with Gasteiger partial charge in [0.2, 0.25) is 0 Å². The maximum atomic E-state index is 11.5. The molecule has 130 valence electrons. The molecule has 1 heterocycles. The smallest absolute Gasteiger partial charge is 0.318 e. The van der Waals surface area contributed by atoms with E-state index in [9.17, 15) is 9.59 Å². The number of aliphatic carboxylic acids is 1. The lowest BCUT2D eigenvalue weighted by Gasteiger charge is -2.12. The average Bonchev–Trinajstić information content (AvgIpc) is 2.98. The van der Waals surface area contributed by atoms with E-state index in [-0.39, 0.29) is 12.8 Å². The Bertz CT molecular complexity index is 755. The van der Waals surface area contributed by atoms with Gasteiger partial charge in [0.1, 0.15) is 12.0 Å². The first-order valence-electron chi connectivity index (χ1n) is 8.03. The number of benzene rings is 1. The van der Waals surface area contributed by atoms with E-state index in [1.165, 1.54) is 28.0 Å². The Morgan fingerprint density at radius 3 is 2.46 bits per heavy atom. The highest BCUT2D eigenvalue weighted by Gasteiger charge is 2.16. The number of carboxylic acids is 1. The number of fused-ring (bicyclic) bond motifs is 1. The van der Waals surface area contributed by atoms with Crippen LogP contribution in [0.5, 0.6) is 0 Å². The van der Waals surface area contributed by atoms with Crippen LogP contribution in [0.2, 0.25) is 0 Å². The van der Waals surface area contributed by atoms with Gasteiger partial charge >= 0.3 is 11.9 Å². The van der Waals surface area contributed by atoms with Gasteiger partial charge in [0.25, 0.3) is 0 Å². The van der Waals surface area contributed by atoms with Crippen molar-refractivity contribution in [3.63, 3.8) is 0 Å². The standard InChI is InChI=1S/C17H21NO4S2/c1-4-10-9-13-16(12(6-3)11(10)5-2)18-17(23-13)24-22-15(21)8-7-14(19)20/h9H,4-8H2,1-3H3,(H,19,20). The summed E-state index contributed by atoms with van der Waals surface area (Å²) in [4.78, 5) is 26.6. The van der Waals surface area contributed by atoms with E-state index in [1.807, 2.05) is 0 Å². The molecule has 0 aliphatic carbocycles. The third-order valence-electron chi connectivity index (χ3n) is 3.81. The maximum Gasteiger partial charge on any atom is 0.318 e. The Balaban J connectivity index is 2.21. The van der Waals surface area contributed by atoms with Crippen molar-refractivity contribution in [3.8, 4) is 0 Å². The highest BCUT2D eigenvalue weighted by Crippen LogP contribution is 2.35. The predicted octanol–water partition coefficient (Wildman–Crippen LogP) is 4.40. The summed E-state index contributed by atoms with van der Waals surface area (Å²) in [7, 11) is 0. The van der Waals surface area contributed by atoms with Crippen LogP contribution in [0.1, 0.15) is 50.3 Å². The molecule has 1 N–H and O–H groups in total. The molecule has 5 nitrogen and oxygen atoms in total. The molecule has 2 aromatic rings. The van der Waals surface area contributed by atoms with Gasteiger partial charge < -0.3 is 9.29 Å². The van der Waals surface area contributed by atoms with Gasteiger partial charge in [-0.1, -0.05) is 20.8 Å². The molecule has 0 radical (unpaired) electrons. The quantitative estimate of drug-likeness (QED) is 0.697. The Morgan fingerprint density at radius 2 is 1.88 bits per heavy atom. The molecule has 7 heteroatoms. The van der Waals surface area contributed by atoms with Gasteiger partial charge in [-0.2, -0.15) is 0 Å². The van der Waals surface area contributed by atoms with E-state index in [4.69, 9.17) is 9.29 Å². The minimum Gasteiger partial charge on any atom is -0.481 e. The lowest BCUT2D eigenvalue weighted by atomic mass is 9.95. The van der Waals surface area contributed by atoms with Crippen LogP contribution in [0, 0.1) is 0 Å². The molecule has 0 unspecified atom stereocenters. The molecule has 1 aromatic carbocycles. The summed E-state index contributed by atoms with van der Waals surface area (Å²) >= 11 is 2.42. The molecular formula is C17H21NO4S2. The topological polar surface area (TPSA) is 76.5 Å². The number of carboxylic acid groups (broad SMARTS) is 1. The van der Waals surface area contributed by atoms with Gasteiger partial charge in [-0.15, -0.1) is 11.3 Å². The summed E-state index contributed by atoms with van der Waals surface area (Å²) in [5.41, 5.74) is 4.97. The average molecular weight is 367 g/mol. The molecule has 0 amide bonds. The van der Waals surface area contributed by atoms with Crippen LogP contribution in [0.15, 0.2) is 10.4 Å². The maximum absolute atomic E-state index is 11.5. The third-order valence-corrected chi connectivity index (χ3v) is 5.57. The Kier molecular flexibility index (Phi) is 6.62. The fourth-order valence-corrected chi connectivity index (χ4v) is 4.39. The largest absolute Gasteiger partial charge is 0.481 e. The van der Waals surface area contributed by atoms with Gasteiger partial charge in [0.05, 0.1) is 23.1 Å². The molecule has 0 saturated carbocycles. The van der Waals surface area contributed by atoms with Crippen molar-refractivity contribution in [2.24, 2.45) is 0 Å².